The number of rotatable bonds is 5. The van der Waals surface area contributed by atoms with E-state index in [0.29, 0.717) is 11.3 Å². The van der Waals surface area contributed by atoms with Gasteiger partial charge in [0.2, 0.25) is 17.7 Å². The Morgan fingerprint density at radius 3 is 2.38 bits per heavy atom. The second kappa shape index (κ2) is 7.68. The molecule has 0 spiro atoms. The molecule has 138 valence electrons. The minimum atomic E-state index is -0.297. The molecule has 2 aliphatic rings. The molecule has 1 aromatic rings. The summed E-state index contributed by atoms with van der Waals surface area (Å²) in [4.78, 5) is 49.9. The fourth-order valence-corrected chi connectivity index (χ4v) is 3.77. The van der Waals surface area contributed by atoms with Crippen LogP contribution >= 0.6 is 0 Å². The molecular formula is C19H23N3O4. The number of nitrogens with zero attached hydrogens (tertiary/aromatic N) is 1. The predicted octanol–water partition coefficient (Wildman–Crippen LogP) is 1.55. The number of likely N-dealkylation sites (tertiary alicyclic amines) is 1. The molecule has 1 heterocycles. The summed E-state index contributed by atoms with van der Waals surface area (Å²) in [6.45, 7) is 0.103. The van der Waals surface area contributed by atoms with Gasteiger partial charge in [-0.2, -0.15) is 0 Å². The maximum atomic E-state index is 12.4. The second-order valence-corrected chi connectivity index (χ2v) is 6.78. The Hall–Kier alpha value is -2.70. The summed E-state index contributed by atoms with van der Waals surface area (Å²) in [6, 6.07) is 6.60. The summed E-state index contributed by atoms with van der Waals surface area (Å²) < 4.78 is 0. The van der Waals surface area contributed by atoms with Gasteiger partial charge in [0.1, 0.15) is 0 Å². The van der Waals surface area contributed by atoms with Crippen molar-refractivity contribution in [3.63, 3.8) is 0 Å². The molecule has 2 unspecified atom stereocenters. The van der Waals surface area contributed by atoms with E-state index in [1.54, 1.807) is 24.3 Å². The molecule has 26 heavy (non-hydrogen) atoms. The molecule has 1 saturated carbocycles. The third kappa shape index (κ3) is 3.61. The number of anilines is 1. The topological polar surface area (TPSA) is 95.6 Å². The minimum absolute atomic E-state index is 0.0428. The fourth-order valence-electron chi connectivity index (χ4n) is 3.77. The van der Waals surface area contributed by atoms with Gasteiger partial charge < -0.3 is 10.6 Å². The minimum Gasteiger partial charge on any atom is -0.355 e. The lowest BCUT2D eigenvalue weighted by Gasteiger charge is -2.19. The molecule has 7 heteroatoms. The van der Waals surface area contributed by atoms with Crippen LogP contribution in [0.25, 0.3) is 0 Å². The van der Waals surface area contributed by atoms with Crippen molar-refractivity contribution in [3.8, 4) is 0 Å². The van der Waals surface area contributed by atoms with Gasteiger partial charge in [0.15, 0.2) is 0 Å². The Labute approximate surface area is 152 Å². The van der Waals surface area contributed by atoms with Crippen molar-refractivity contribution in [2.45, 2.75) is 32.1 Å². The van der Waals surface area contributed by atoms with E-state index >= 15 is 0 Å². The number of fused-ring (bicyclic) bond motifs is 1. The molecule has 1 aliphatic carbocycles. The van der Waals surface area contributed by atoms with Crippen LogP contribution < -0.4 is 10.6 Å². The number of amides is 4. The zero-order valence-corrected chi connectivity index (χ0v) is 14.8. The largest absolute Gasteiger partial charge is 0.355 e. The predicted molar refractivity (Wildman–Crippen MR) is 95.2 cm³/mol. The third-order valence-corrected chi connectivity index (χ3v) is 5.13. The lowest BCUT2D eigenvalue weighted by Crippen LogP contribution is -2.34. The average molecular weight is 357 g/mol. The van der Waals surface area contributed by atoms with Crippen molar-refractivity contribution in [1.29, 1.82) is 0 Å². The monoisotopic (exact) mass is 357 g/mol. The first-order valence-corrected chi connectivity index (χ1v) is 8.98. The van der Waals surface area contributed by atoms with E-state index in [9.17, 15) is 19.2 Å². The van der Waals surface area contributed by atoms with E-state index in [1.165, 1.54) is 11.9 Å². The number of imide groups is 1. The van der Waals surface area contributed by atoms with Crippen LogP contribution in [0.2, 0.25) is 0 Å². The Kier molecular flexibility index (Phi) is 5.35. The third-order valence-electron chi connectivity index (χ3n) is 5.13. The maximum absolute atomic E-state index is 12.4. The van der Waals surface area contributed by atoms with Crippen molar-refractivity contribution in [1.82, 2.24) is 10.2 Å². The van der Waals surface area contributed by atoms with Crippen LogP contribution in [-0.2, 0) is 14.4 Å². The highest BCUT2D eigenvalue weighted by atomic mass is 16.2. The number of carbonyl (C=O) groups is 4. The van der Waals surface area contributed by atoms with Crippen molar-refractivity contribution in [3.05, 3.63) is 29.8 Å². The smallest absolute Gasteiger partial charge is 0.251 e. The molecule has 4 amide bonds. The van der Waals surface area contributed by atoms with Crippen molar-refractivity contribution in [2.24, 2.45) is 11.8 Å². The summed E-state index contributed by atoms with van der Waals surface area (Å²) >= 11 is 0. The van der Waals surface area contributed by atoms with E-state index in [2.05, 4.69) is 10.6 Å². The van der Waals surface area contributed by atoms with Gasteiger partial charge in [-0.15, -0.1) is 0 Å². The Morgan fingerprint density at radius 2 is 1.77 bits per heavy atom. The normalized spacial score (nSPS) is 22.1. The highest BCUT2D eigenvalue weighted by Crippen LogP contribution is 2.37. The first-order chi connectivity index (χ1) is 12.5. The number of carbonyl (C=O) groups excluding carboxylic acids is 4. The molecular weight excluding hydrogens is 334 g/mol. The molecule has 1 aromatic carbocycles. The molecule has 2 N–H and O–H groups in total. The average Bonchev–Trinajstić information content (AvgIpc) is 2.90. The van der Waals surface area contributed by atoms with Gasteiger partial charge in [-0.05, 0) is 31.0 Å². The van der Waals surface area contributed by atoms with E-state index in [0.717, 1.165) is 25.7 Å². The zero-order chi connectivity index (χ0) is 18.7. The molecule has 0 aromatic heterocycles. The summed E-state index contributed by atoms with van der Waals surface area (Å²) in [7, 11) is 1.54. The summed E-state index contributed by atoms with van der Waals surface area (Å²) in [6.07, 6.45) is 3.54. The molecule has 1 aliphatic heterocycles. The summed E-state index contributed by atoms with van der Waals surface area (Å²) in [5.41, 5.74) is 0.947. The van der Waals surface area contributed by atoms with E-state index in [-0.39, 0.29) is 48.4 Å². The van der Waals surface area contributed by atoms with Gasteiger partial charge in [0.05, 0.1) is 11.8 Å². The Bertz CT molecular complexity index is 722. The molecule has 0 bridgehead atoms. The first kappa shape index (κ1) is 18.1. The number of benzene rings is 1. The summed E-state index contributed by atoms with van der Waals surface area (Å²) in [5.74, 6) is -1.18. The molecule has 2 atom stereocenters. The molecule has 2 fully saturated rings. The lowest BCUT2D eigenvalue weighted by molar-refractivity contribution is -0.140. The van der Waals surface area contributed by atoms with Gasteiger partial charge in [-0.3, -0.25) is 24.1 Å². The number of hydrogen-bond donors (Lipinski definition) is 2. The van der Waals surface area contributed by atoms with Crippen LogP contribution in [0.4, 0.5) is 5.69 Å². The van der Waals surface area contributed by atoms with Crippen LogP contribution in [0.1, 0.15) is 42.5 Å². The van der Waals surface area contributed by atoms with Crippen molar-refractivity contribution < 1.29 is 19.2 Å². The molecule has 1 saturated heterocycles. The number of hydrogen-bond acceptors (Lipinski definition) is 4. The molecule has 7 nitrogen and oxygen atoms in total. The van der Waals surface area contributed by atoms with E-state index < -0.39 is 0 Å². The quantitative estimate of drug-likeness (QED) is 0.782. The van der Waals surface area contributed by atoms with Crippen molar-refractivity contribution >= 4 is 29.3 Å². The SMILES string of the molecule is CNC(=O)c1cccc(NC(=O)CCN2C(=O)C3CCCCC3C2=O)c1. The van der Waals surface area contributed by atoms with Crippen LogP contribution in [0.5, 0.6) is 0 Å². The molecule has 3 rings (SSSR count). The lowest BCUT2D eigenvalue weighted by atomic mass is 9.81. The molecule has 0 radical (unpaired) electrons. The van der Waals surface area contributed by atoms with Gasteiger partial charge in [0.25, 0.3) is 5.91 Å². The van der Waals surface area contributed by atoms with Crippen LogP contribution in [-0.4, -0.2) is 42.1 Å². The first-order valence-electron chi connectivity index (χ1n) is 8.98. The highest BCUT2D eigenvalue weighted by Gasteiger charge is 2.47. The van der Waals surface area contributed by atoms with Gasteiger partial charge in [-0.1, -0.05) is 18.9 Å². The Balaban J connectivity index is 1.57. The fraction of sp³-hybridized carbons (Fsp3) is 0.474. The van der Waals surface area contributed by atoms with Crippen LogP contribution in [0.15, 0.2) is 24.3 Å². The van der Waals surface area contributed by atoms with Crippen molar-refractivity contribution in [2.75, 3.05) is 18.9 Å². The van der Waals surface area contributed by atoms with E-state index in [1.807, 2.05) is 0 Å². The second-order valence-electron chi connectivity index (χ2n) is 6.78. The van der Waals surface area contributed by atoms with Gasteiger partial charge in [0, 0.05) is 31.3 Å². The van der Waals surface area contributed by atoms with Gasteiger partial charge in [-0.25, -0.2) is 0 Å². The number of nitrogens with one attached hydrogen (secondary N) is 2. The van der Waals surface area contributed by atoms with Crippen LogP contribution in [0.3, 0.4) is 0 Å². The summed E-state index contributed by atoms with van der Waals surface area (Å²) in [5, 5.41) is 5.23. The van der Waals surface area contributed by atoms with Gasteiger partial charge >= 0.3 is 0 Å². The zero-order valence-electron chi connectivity index (χ0n) is 14.8. The van der Waals surface area contributed by atoms with E-state index in [4.69, 9.17) is 0 Å². The maximum Gasteiger partial charge on any atom is 0.251 e. The Morgan fingerprint density at radius 1 is 1.12 bits per heavy atom. The van der Waals surface area contributed by atoms with Crippen LogP contribution in [0, 0.1) is 11.8 Å². The highest BCUT2D eigenvalue weighted by molar-refractivity contribution is 6.05. The standard InChI is InChI=1S/C19H23N3O4/c1-20-17(24)12-5-4-6-13(11-12)21-16(23)9-10-22-18(25)14-7-2-3-8-15(14)19(22)26/h4-6,11,14-15H,2-3,7-10H2,1H3,(H,20,24)(H,21,23).